The minimum atomic E-state index is -1.34. The van der Waals surface area contributed by atoms with Crippen LogP contribution < -0.4 is 0 Å². The van der Waals surface area contributed by atoms with Crippen molar-refractivity contribution >= 4 is 35.2 Å². The summed E-state index contributed by atoms with van der Waals surface area (Å²) in [6.07, 6.45) is 9.01. The molecule has 1 fully saturated rings. The van der Waals surface area contributed by atoms with Crippen LogP contribution in [-0.2, 0) is 6.42 Å². The Hall–Kier alpha value is -2.12. The molecule has 170 valence electrons. The largest absolute Gasteiger partial charge is 0.0805 e. The van der Waals surface area contributed by atoms with E-state index >= 15 is 0 Å². The van der Waals surface area contributed by atoms with Crippen LogP contribution in [0.3, 0.4) is 0 Å². The molecule has 3 aliphatic carbocycles. The molecule has 3 aliphatic rings. The van der Waals surface area contributed by atoms with Crippen LogP contribution in [0.5, 0.6) is 0 Å². The Balaban J connectivity index is 1.52. The molecule has 0 N–H and O–H groups in total. The number of hydrogen-bond acceptors (Lipinski definition) is 0. The van der Waals surface area contributed by atoms with Crippen molar-refractivity contribution in [1.82, 2.24) is 0 Å². The van der Waals surface area contributed by atoms with Crippen molar-refractivity contribution in [3.05, 3.63) is 77.4 Å². The lowest BCUT2D eigenvalue weighted by Crippen LogP contribution is -2.39. The topological polar surface area (TPSA) is 0 Å². The number of rotatable bonds is 4. The molecular weight excluding hydrogens is 412 g/mol. The predicted octanol–water partition coefficient (Wildman–Crippen LogP) is 9.27. The van der Waals surface area contributed by atoms with Gasteiger partial charge in [-0.2, -0.15) is 0 Å². The minimum absolute atomic E-state index is 0.691. The van der Waals surface area contributed by atoms with Gasteiger partial charge < -0.3 is 0 Å². The summed E-state index contributed by atoms with van der Waals surface area (Å²) in [5.41, 5.74) is 7.30. The van der Waals surface area contributed by atoms with Gasteiger partial charge in [-0.05, 0) is 91.9 Å². The van der Waals surface area contributed by atoms with Gasteiger partial charge in [0.15, 0.2) is 0 Å². The minimum Gasteiger partial charge on any atom is -0.0805 e. The first kappa shape index (κ1) is 21.4. The molecule has 0 aromatic heterocycles. The van der Waals surface area contributed by atoms with Crippen LogP contribution in [0.2, 0.25) is 24.7 Å². The molecule has 5 atom stereocenters. The Kier molecular flexibility index (Phi) is 5.00. The maximum atomic E-state index is 2.70. The Labute approximate surface area is 200 Å². The zero-order chi connectivity index (χ0) is 22.9. The van der Waals surface area contributed by atoms with Crippen LogP contribution in [0, 0.1) is 23.7 Å². The molecule has 0 amide bonds. The highest BCUT2D eigenvalue weighted by atomic mass is 28.3. The molecule has 3 aromatic rings. The van der Waals surface area contributed by atoms with Crippen LogP contribution in [0.25, 0.3) is 27.1 Å². The Morgan fingerprint density at radius 1 is 1.03 bits per heavy atom. The second-order valence-corrected chi connectivity index (χ2v) is 17.1. The Morgan fingerprint density at radius 2 is 1.82 bits per heavy atom. The van der Waals surface area contributed by atoms with Gasteiger partial charge in [0.1, 0.15) is 0 Å². The quantitative estimate of drug-likeness (QED) is 0.274. The third kappa shape index (κ3) is 3.22. The standard InChI is InChI=1S/C32H38Si/c1-6-20(2)19-33(4,5)32-21(3)16-28-27(32)15-14-25-18-24-12-9-11-23-17-22-10-7-8-13-26(22)31(29(23)24)30(25)28/h7-15,17,20-21,27-28,32H,6,16,18-19H2,1-5H3. The first-order valence-corrected chi connectivity index (χ1v) is 16.5. The fraction of sp³-hybridized carbons (Fsp3) is 0.438. The van der Waals surface area contributed by atoms with Gasteiger partial charge in [0.05, 0.1) is 8.07 Å². The number of allylic oxidation sites excluding steroid dienone is 4. The summed E-state index contributed by atoms with van der Waals surface area (Å²) >= 11 is 0. The van der Waals surface area contributed by atoms with Crippen LogP contribution >= 0.6 is 0 Å². The van der Waals surface area contributed by atoms with E-state index in [1.54, 1.807) is 16.7 Å². The molecule has 0 radical (unpaired) electrons. The summed E-state index contributed by atoms with van der Waals surface area (Å²) in [6.45, 7) is 12.8. The van der Waals surface area contributed by atoms with Gasteiger partial charge in [-0.3, -0.25) is 0 Å². The van der Waals surface area contributed by atoms with E-state index in [0.29, 0.717) is 5.92 Å². The summed E-state index contributed by atoms with van der Waals surface area (Å²) in [5, 5.41) is 5.82. The van der Waals surface area contributed by atoms with E-state index < -0.39 is 8.07 Å². The van der Waals surface area contributed by atoms with E-state index in [1.165, 1.54) is 46.0 Å². The van der Waals surface area contributed by atoms with E-state index in [1.807, 2.05) is 0 Å². The van der Waals surface area contributed by atoms with Gasteiger partial charge in [-0.1, -0.05) is 101 Å². The average Bonchev–Trinajstić information content (AvgIpc) is 3.15. The summed E-state index contributed by atoms with van der Waals surface area (Å²) in [5.74, 6) is 3.10. The third-order valence-corrected chi connectivity index (χ3v) is 14.0. The molecule has 0 spiro atoms. The fourth-order valence-corrected chi connectivity index (χ4v) is 13.7. The van der Waals surface area contributed by atoms with Crippen molar-refractivity contribution in [3.63, 3.8) is 0 Å². The van der Waals surface area contributed by atoms with Gasteiger partial charge in [-0.25, -0.2) is 0 Å². The van der Waals surface area contributed by atoms with Crippen LogP contribution in [0.4, 0.5) is 0 Å². The average molecular weight is 451 g/mol. The van der Waals surface area contributed by atoms with Gasteiger partial charge in [0, 0.05) is 0 Å². The molecule has 33 heavy (non-hydrogen) atoms. The second-order valence-electron chi connectivity index (χ2n) is 12.1. The van der Waals surface area contributed by atoms with Crippen molar-refractivity contribution < 1.29 is 0 Å². The van der Waals surface area contributed by atoms with E-state index in [9.17, 15) is 0 Å². The molecule has 1 heteroatoms. The molecule has 0 nitrogen and oxygen atoms in total. The first-order valence-electron chi connectivity index (χ1n) is 13.2. The highest BCUT2D eigenvalue weighted by Gasteiger charge is 2.51. The van der Waals surface area contributed by atoms with E-state index in [4.69, 9.17) is 0 Å². The lowest BCUT2D eigenvalue weighted by atomic mass is 9.71. The highest BCUT2D eigenvalue weighted by molar-refractivity contribution is 6.79. The molecule has 0 aliphatic heterocycles. The zero-order valence-electron chi connectivity index (χ0n) is 21.0. The van der Waals surface area contributed by atoms with Crippen molar-refractivity contribution in [3.8, 4) is 0 Å². The lowest BCUT2D eigenvalue weighted by molar-refractivity contribution is 0.531. The molecule has 6 rings (SSSR count). The van der Waals surface area contributed by atoms with Crippen LogP contribution in [0.15, 0.2) is 66.3 Å². The highest BCUT2D eigenvalue weighted by Crippen LogP contribution is 2.60. The summed E-state index contributed by atoms with van der Waals surface area (Å²) in [7, 11) is -1.34. The molecule has 1 saturated carbocycles. The van der Waals surface area contributed by atoms with Gasteiger partial charge >= 0.3 is 0 Å². The van der Waals surface area contributed by atoms with Crippen molar-refractivity contribution in [2.75, 3.05) is 0 Å². The monoisotopic (exact) mass is 450 g/mol. The smallest absolute Gasteiger partial charge is 0.0516 e. The van der Waals surface area contributed by atoms with E-state index in [2.05, 4.69) is 94.5 Å². The Morgan fingerprint density at radius 3 is 2.64 bits per heavy atom. The van der Waals surface area contributed by atoms with Crippen LogP contribution in [0.1, 0.15) is 44.7 Å². The first-order chi connectivity index (χ1) is 15.9. The fourth-order valence-electron chi connectivity index (χ4n) is 8.25. The lowest BCUT2D eigenvalue weighted by Gasteiger charge is -2.40. The maximum Gasteiger partial charge on any atom is 0.0516 e. The summed E-state index contributed by atoms with van der Waals surface area (Å²) < 4.78 is 0. The normalized spacial score (nSPS) is 27.2. The number of hydrogen-bond donors (Lipinski definition) is 0. The van der Waals surface area contributed by atoms with E-state index in [0.717, 1.165) is 29.7 Å². The van der Waals surface area contributed by atoms with Crippen molar-refractivity contribution in [2.45, 2.75) is 64.7 Å². The van der Waals surface area contributed by atoms with Crippen molar-refractivity contribution in [1.29, 1.82) is 0 Å². The Bertz CT molecular complexity index is 1310. The molecule has 0 heterocycles. The maximum absolute atomic E-state index is 2.70. The van der Waals surface area contributed by atoms with Crippen molar-refractivity contribution in [2.24, 2.45) is 23.7 Å². The predicted molar refractivity (Wildman–Crippen MR) is 147 cm³/mol. The third-order valence-electron chi connectivity index (χ3n) is 9.45. The molecule has 0 saturated heterocycles. The van der Waals surface area contributed by atoms with Gasteiger partial charge in [-0.15, -0.1) is 0 Å². The summed E-state index contributed by atoms with van der Waals surface area (Å²) in [6, 6.07) is 20.0. The van der Waals surface area contributed by atoms with E-state index in [-0.39, 0.29) is 0 Å². The molecule has 0 bridgehead atoms. The van der Waals surface area contributed by atoms with Crippen LogP contribution in [-0.4, -0.2) is 8.07 Å². The van der Waals surface area contributed by atoms with Gasteiger partial charge in [0.25, 0.3) is 0 Å². The number of benzene rings is 3. The molecule has 3 aromatic carbocycles. The molecule has 5 unspecified atom stereocenters. The molecular formula is C32H38Si. The zero-order valence-corrected chi connectivity index (χ0v) is 22.0. The second kappa shape index (κ2) is 7.70. The summed E-state index contributed by atoms with van der Waals surface area (Å²) in [4.78, 5) is 0. The van der Waals surface area contributed by atoms with Gasteiger partial charge in [0.2, 0.25) is 0 Å². The number of fused-ring (bicyclic) bond motifs is 5. The SMILES string of the molecule is CCC(C)C[Si](C)(C)C1C(C)CC2C3=C(C=CC21)Cc1cccc2cc4ccccc4c3c12.